The summed E-state index contributed by atoms with van der Waals surface area (Å²) in [5, 5.41) is 9.15. The summed E-state index contributed by atoms with van der Waals surface area (Å²) in [6, 6.07) is 5.37. The molecule has 0 spiro atoms. The topological polar surface area (TPSA) is 49.8 Å². The molecule has 0 aromatic heterocycles. The maximum absolute atomic E-state index is 11.2. The van der Waals surface area contributed by atoms with Crippen LogP contribution >= 0.6 is 0 Å². The smallest absolute Gasteiger partial charge is 0.339 e. The summed E-state index contributed by atoms with van der Waals surface area (Å²) in [5.74, 6) is 0.292. The van der Waals surface area contributed by atoms with E-state index in [4.69, 9.17) is 9.84 Å². The first-order valence-corrected chi connectivity index (χ1v) is 6.69. The Bertz CT molecular complexity index is 455. The number of ether oxygens (including phenoxy) is 1. The molecule has 1 aromatic carbocycles. The van der Waals surface area contributed by atoms with Crippen molar-refractivity contribution in [1.82, 2.24) is 4.90 Å². The van der Waals surface area contributed by atoms with Crippen molar-refractivity contribution in [3.05, 3.63) is 29.3 Å². The zero-order chi connectivity index (χ0) is 13.8. The van der Waals surface area contributed by atoms with E-state index in [2.05, 4.69) is 11.9 Å². The molecule has 0 amide bonds. The van der Waals surface area contributed by atoms with E-state index in [-0.39, 0.29) is 5.56 Å². The molecule has 4 heteroatoms. The van der Waals surface area contributed by atoms with Gasteiger partial charge >= 0.3 is 5.97 Å². The number of aromatic carboxylic acids is 1. The van der Waals surface area contributed by atoms with Gasteiger partial charge in [0.2, 0.25) is 0 Å². The Morgan fingerprint density at radius 1 is 1.47 bits per heavy atom. The Balaban J connectivity index is 2.03. The molecule has 1 saturated carbocycles. The molecule has 1 aliphatic rings. The summed E-state index contributed by atoms with van der Waals surface area (Å²) in [5.41, 5.74) is 1.25. The number of rotatable bonds is 6. The first-order valence-electron chi connectivity index (χ1n) is 6.69. The maximum atomic E-state index is 11.2. The van der Waals surface area contributed by atoms with E-state index in [1.807, 2.05) is 6.07 Å². The second-order valence-corrected chi connectivity index (χ2v) is 5.33. The summed E-state index contributed by atoms with van der Waals surface area (Å²) in [4.78, 5) is 13.4. The van der Waals surface area contributed by atoms with Crippen LogP contribution in [0.15, 0.2) is 18.2 Å². The van der Waals surface area contributed by atoms with E-state index in [0.717, 1.165) is 24.6 Å². The minimum absolute atomic E-state index is 0.233. The third kappa shape index (κ3) is 3.47. The van der Waals surface area contributed by atoms with Crippen molar-refractivity contribution in [1.29, 1.82) is 0 Å². The number of methoxy groups -OCH3 is 1. The highest BCUT2D eigenvalue weighted by molar-refractivity contribution is 5.91. The lowest BCUT2D eigenvalue weighted by Crippen LogP contribution is -2.29. The molecule has 1 aromatic rings. The van der Waals surface area contributed by atoms with Gasteiger partial charge in [0, 0.05) is 13.1 Å². The number of carbonyl (C=O) groups is 1. The Morgan fingerprint density at radius 3 is 2.74 bits per heavy atom. The van der Waals surface area contributed by atoms with E-state index in [1.165, 1.54) is 26.4 Å². The fourth-order valence-corrected chi connectivity index (χ4v) is 2.51. The van der Waals surface area contributed by atoms with E-state index < -0.39 is 5.97 Å². The van der Waals surface area contributed by atoms with Crippen LogP contribution in [0.1, 0.15) is 35.2 Å². The van der Waals surface area contributed by atoms with Crippen molar-refractivity contribution in [3.8, 4) is 5.75 Å². The van der Waals surface area contributed by atoms with Crippen molar-refractivity contribution < 1.29 is 14.6 Å². The van der Waals surface area contributed by atoms with Gasteiger partial charge in [0.1, 0.15) is 11.3 Å². The molecular weight excluding hydrogens is 242 g/mol. The Hall–Kier alpha value is -1.55. The van der Waals surface area contributed by atoms with Crippen molar-refractivity contribution in [3.63, 3.8) is 0 Å². The van der Waals surface area contributed by atoms with Crippen LogP contribution in [0.2, 0.25) is 0 Å². The second-order valence-electron chi connectivity index (χ2n) is 5.33. The molecule has 1 N–H and O–H groups in total. The first kappa shape index (κ1) is 13.9. The fraction of sp³-hybridized carbons (Fsp3) is 0.533. The van der Waals surface area contributed by atoms with E-state index in [0.29, 0.717) is 5.75 Å². The standard InChI is InChI=1S/C15H21NO3/c1-16(9-11-4-3-5-11)10-12-6-7-14(19-2)13(8-12)15(17)18/h6-8,11H,3-5,9-10H2,1-2H3,(H,17,18). The number of hydrogen-bond donors (Lipinski definition) is 1. The molecular formula is C15H21NO3. The highest BCUT2D eigenvalue weighted by atomic mass is 16.5. The zero-order valence-electron chi connectivity index (χ0n) is 11.6. The van der Waals surface area contributed by atoms with Crippen molar-refractivity contribution in [2.45, 2.75) is 25.8 Å². The molecule has 104 valence electrons. The Morgan fingerprint density at radius 2 is 2.21 bits per heavy atom. The lowest BCUT2D eigenvalue weighted by Gasteiger charge is -2.30. The van der Waals surface area contributed by atoms with E-state index >= 15 is 0 Å². The number of nitrogens with zero attached hydrogens (tertiary/aromatic N) is 1. The summed E-state index contributed by atoms with van der Waals surface area (Å²) in [6.45, 7) is 1.87. The predicted molar refractivity (Wildman–Crippen MR) is 73.6 cm³/mol. The van der Waals surface area contributed by atoms with Gasteiger partial charge in [0.05, 0.1) is 7.11 Å². The van der Waals surface area contributed by atoms with Crippen LogP contribution < -0.4 is 4.74 Å². The zero-order valence-corrected chi connectivity index (χ0v) is 11.6. The van der Waals surface area contributed by atoms with E-state index in [9.17, 15) is 4.79 Å². The quantitative estimate of drug-likeness (QED) is 0.857. The van der Waals surface area contributed by atoms with Crippen LogP contribution in [0.5, 0.6) is 5.75 Å². The molecule has 2 rings (SSSR count). The number of carboxylic acid groups (broad SMARTS) is 1. The lowest BCUT2D eigenvalue weighted by atomic mass is 9.85. The van der Waals surface area contributed by atoms with Gasteiger partial charge in [-0.3, -0.25) is 0 Å². The van der Waals surface area contributed by atoms with Crippen LogP contribution in [0, 0.1) is 5.92 Å². The average Bonchev–Trinajstić information content (AvgIpc) is 2.33. The molecule has 1 aliphatic carbocycles. The van der Waals surface area contributed by atoms with Crippen LogP contribution in [0.3, 0.4) is 0 Å². The molecule has 0 aliphatic heterocycles. The maximum Gasteiger partial charge on any atom is 0.339 e. The summed E-state index contributed by atoms with van der Waals surface area (Å²) >= 11 is 0. The normalized spacial score (nSPS) is 15.3. The largest absolute Gasteiger partial charge is 0.496 e. The van der Waals surface area contributed by atoms with Gasteiger partial charge in [-0.05, 0) is 43.5 Å². The third-order valence-corrected chi connectivity index (χ3v) is 3.74. The summed E-state index contributed by atoms with van der Waals surface area (Å²) in [6.07, 6.45) is 4.00. The number of carboxylic acids is 1. The molecule has 4 nitrogen and oxygen atoms in total. The van der Waals surface area contributed by atoms with Gasteiger partial charge in [-0.25, -0.2) is 4.79 Å². The van der Waals surface area contributed by atoms with Crippen LogP contribution in [0.4, 0.5) is 0 Å². The molecule has 0 heterocycles. The summed E-state index contributed by atoms with van der Waals surface area (Å²) in [7, 11) is 3.58. The highest BCUT2D eigenvalue weighted by Crippen LogP contribution is 2.27. The minimum Gasteiger partial charge on any atom is -0.496 e. The van der Waals surface area contributed by atoms with Gasteiger partial charge in [-0.1, -0.05) is 12.5 Å². The van der Waals surface area contributed by atoms with Crippen LogP contribution in [-0.2, 0) is 6.54 Å². The Labute approximate surface area is 114 Å². The molecule has 1 fully saturated rings. The fourth-order valence-electron chi connectivity index (χ4n) is 2.51. The molecule has 0 bridgehead atoms. The lowest BCUT2D eigenvalue weighted by molar-refractivity contribution is 0.0693. The highest BCUT2D eigenvalue weighted by Gasteiger charge is 2.19. The van der Waals surface area contributed by atoms with Crippen molar-refractivity contribution in [2.24, 2.45) is 5.92 Å². The Kier molecular flexibility index (Phi) is 4.43. The van der Waals surface area contributed by atoms with Crippen molar-refractivity contribution >= 4 is 5.97 Å². The predicted octanol–water partition coefficient (Wildman–Crippen LogP) is 2.63. The molecule has 0 atom stereocenters. The third-order valence-electron chi connectivity index (χ3n) is 3.74. The van der Waals surface area contributed by atoms with Gasteiger partial charge in [0.15, 0.2) is 0 Å². The monoisotopic (exact) mass is 263 g/mol. The average molecular weight is 263 g/mol. The van der Waals surface area contributed by atoms with Crippen LogP contribution in [-0.4, -0.2) is 36.7 Å². The van der Waals surface area contributed by atoms with Gasteiger partial charge in [-0.2, -0.15) is 0 Å². The molecule has 19 heavy (non-hydrogen) atoms. The SMILES string of the molecule is COc1ccc(CN(C)CC2CCC2)cc1C(=O)O. The number of hydrogen-bond acceptors (Lipinski definition) is 3. The molecule has 0 saturated heterocycles. The van der Waals surface area contributed by atoms with Crippen molar-refractivity contribution in [2.75, 3.05) is 20.7 Å². The minimum atomic E-state index is -0.944. The van der Waals surface area contributed by atoms with Crippen LogP contribution in [0.25, 0.3) is 0 Å². The number of benzene rings is 1. The summed E-state index contributed by atoms with van der Waals surface area (Å²) < 4.78 is 5.06. The van der Waals surface area contributed by atoms with E-state index in [1.54, 1.807) is 12.1 Å². The molecule has 0 unspecified atom stereocenters. The van der Waals surface area contributed by atoms with Gasteiger partial charge < -0.3 is 14.7 Å². The molecule has 0 radical (unpaired) electrons. The second kappa shape index (κ2) is 6.06. The van der Waals surface area contributed by atoms with Gasteiger partial charge in [0.25, 0.3) is 0 Å². The van der Waals surface area contributed by atoms with Gasteiger partial charge in [-0.15, -0.1) is 0 Å². The first-order chi connectivity index (χ1) is 9.10.